The molecule has 0 saturated heterocycles. The maximum atomic E-state index is 13.0. The predicted octanol–water partition coefficient (Wildman–Crippen LogP) is 18.7. The van der Waals surface area contributed by atoms with E-state index in [1.807, 2.05) is 0 Å². The zero-order valence-corrected chi connectivity index (χ0v) is 57.6. The summed E-state index contributed by atoms with van der Waals surface area (Å²) in [6, 6.07) is 0. The molecule has 86 heavy (non-hydrogen) atoms. The Morgan fingerprint density at radius 3 is 0.791 bits per heavy atom. The fourth-order valence-corrected chi connectivity index (χ4v) is 11.6. The van der Waals surface area contributed by atoms with E-state index < -0.39 is 97.5 Å². The lowest BCUT2D eigenvalue weighted by Gasteiger charge is -2.21. The van der Waals surface area contributed by atoms with Gasteiger partial charge in [-0.05, 0) is 43.4 Å². The summed E-state index contributed by atoms with van der Waals surface area (Å²) in [6.07, 6.45) is 40.5. The summed E-state index contributed by atoms with van der Waals surface area (Å²) in [4.78, 5) is 72.3. The van der Waals surface area contributed by atoms with Gasteiger partial charge in [-0.3, -0.25) is 37.3 Å². The highest BCUT2D eigenvalue weighted by atomic mass is 31.2. The van der Waals surface area contributed by atoms with E-state index in [0.29, 0.717) is 37.5 Å². The lowest BCUT2D eigenvalue weighted by Crippen LogP contribution is -2.30. The van der Waals surface area contributed by atoms with Crippen LogP contribution in [-0.2, 0) is 65.4 Å². The topological polar surface area (TPSA) is 237 Å². The quantitative estimate of drug-likeness (QED) is 0.0222. The van der Waals surface area contributed by atoms with Crippen molar-refractivity contribution >= 4 is 39.5 Å². The minimum absolute atomic E-state index is 0.102. The van der Waals surface area contributed by atoms with Gasteiger partial charge in [0.2, 0.25) is 0 Å². The van der Waals surface area contributed by atoms with Gasteiger partial charge in [0.05, 0.1) is 26.4 Å². The SMILES string of the molecule is CCCCCCCCCCCCCCCCC(=O)O[C@H](COC(=O)CCCCCCCCCCCCC(C)C)COP(=O)(O)OC[C@@H](O)COP(=O)(O)OC[C@@H](COC(=O)CCCCCCCCC(C)C)OC(=O)CCCCCCCCCC(C)C. The fourth-order valence-electron chi connectivity index (χ4n) is 10.0. The molecule has 5 atom stereocenters. The molecule has 0 aliphatic carbocycles. The summed E-state index contributed by atoms with van der Waals surface area (Å²) >= 11 is 0. The molecule has 0 spiro atoms. The molecule has 2 unspecified atom stereocenters. The Morgan fingerprint density at radius 2 is 0.535 bits per heavy atom. The largest absolute Gasteiger partial charge is 0.472 e. The van der Waals surface area contributed by atoms with Crippen molar-refractivity contribution in [1.29, 1.82) is 0 Å². The molecule has 0 aromatic heterocycles. The molecule has 0 radical (unpaired) electrons. The molecule has 0 fully saturated rings. The van der Waals surface area contributed by atoms with Crippen LogP contribution in [0.25, 0.3) is 0 Å². The molecule has 0 bridgehead atoms. The lowest BCUT2D eigenvalue weighted by molar-refractivity contribution is -0.161. The summed E-state index contributed by atoms with van der Waals surface area (Å²) in [7, 11) is -9.89. The van der Waals surface area contributed by atoms with E-state index in [4.69, 9.17) is 37.0 Å². The van der Waals surface area contributed by atoms with Gasteiger partial charge in [-0.1, -0.05) is 280 Å². The third-order valence-corrected chi connectivity index (χ3v) is 17.3. The number of phosphoric acid groups is 2. The second kappa shape index (κ2) is 58.2. The summed E-state index contributed by atoms with van der Waals surface area (Å²) in [6.45, 7) is 11.7. The van der Waals surface area contributed by atoms with Crippen molar-refractivity contribution in [3.63, 3.8) is 0 Å². The van der Waals surface area contributed by atoms with Crippen LogP contribution in [0, 0.1) is 17.8 Å². The molecule has 0 aromatic rings. The van der Waals surface area contributed by atoms with Crippen LogP contribution >= 0.6 is 15.6 Å². The number of esters is 4. The predicted molar refractivity (Wildman–Crippen MR) is 344 cm³/mol. The Labute approximate surface area is 524 Å². The van der Waals surface area contributed by atoms with Crippen molar-refractivity contribution in [2.24, 2.45) is 17.8 Å². The molecule has 0 saturated carbocycles. The number of phosphoric ester groups is 2. The molecule has 0 heterocycles. The standard InChI is InChI=1S/C67H130O17P2/c1-8-9-10-11-12-13-14-15-16-17-22-27-36-43-50-66(71)83-62(54-77-64(69)48-41-34-26-21-19-18-20-24-31-38-45-58(2)3)56-81-85(73,74)79-52-61(68)53-80-86(75,76)82-57-63(55-78-65(70)49-42-35-30-29-33-40-47-60(6)7)84-67(72)51-44-37-28-23-25-32-39-46-59(4)5/h58-63,68H,8-57H2,1-7H3,(H,73,74)(H,75,76)/t61-,62-,63-/m1/s1. The number of ether oxygens (including phenoxy) is 4. The maximum absolute atomic E-state index is 13.0. The average Bonchev–Trinajstić information content (AvgIpc) is 3.50. The van der Waals surface area contributed by atoms with Crippen molar-refractivity contribution in [3.05, 3.63) is 0 Å². The van der Waals surface area contributed by atoms with Crippen LogP contribution in [0.15, 0.2) is 0 Å². The summed E-state index contributed by atoms with van der Waals surface area (Å²) in [5.41, 5.74) is 0. The Kier molecular flexibility index (Phi) is 56.9. The summed E-state index contributed by atoms with van der Waals surface area (Å²) in [5, 5.41) is 10.6. The molecule has 0 aliphatic heterocycles. The number of hydrogen-bond donors (Lipinski definition) is 3. The van der Waals surface area contributed by atoms with E-state index in [9.17, 15) is 43.2 Å². The zero-order valence-electron chi connectivity index (χ0n) is 55.8. The van der Waals surface area contributed by atoms with Gasteiger partial charge in [0, 0.05) is 25.7 Å². The third-order valence-electron chi connectivity index (χ3n) is 15.4. The van der Waals surface area contributed by atoms with Gasteiger partial charge in [-0.15, -0.1) is 0 Å². The van der Waals surface area contributed by atoms with Crippen molar-refractivity contribution < 1.29 is 80.2 Å². The first-order chi connectivity index (χ1) is 41.2. The van der Waals surface area contributed by atoms with Crippen LogP contribution in [0.3, 0.4) is 0 Å². The number of carbonyl (C=O) groups excluding carboxylic acids is 4. The van der Waals surface area contributed by atoms with Crippen LogP contribution in [0.1, 0.15) is 331 Å². The van der Waals surface area contributed by atoms with Crippen LogP contribution in [0.5, 0.6) is 0 Å². The van der Waals surface area contributed by atoms with Crippen LogP contribution in [0.4, 0.5) is 0 Å². The van der Waals surface area contributed by atoms with Gasteiger partial charge < -0.3 is 33.8 Å². The minimum atomic E-state index is -4.95. The van der Waals surface area contributed by atoms with Crippen LogP contribution in [-0.4, -0.2) is 96.7 Å². The molecular formula is C67H130O17P2. The summed E-state index contributed by atoms with van der Waals surface area (Å²) < 4.78 is 68.1. The van der Waals surface area contributed by atoms with E-state index in [0.717, 1.165) is 102 Å². The molecule has 0 rings (SSSR count). The Morgan fingerprint density at radius 1 is 0.314 bits per heavy atom. The first kappa shape index (κ1) is 84.1. The van der Waals surface area contributed by atoms with Gasteiger partial charge in [-0.2, -0.15) is 0 Å². The van der Waals surface area contributed by atoms with Gasteiger partial charge in [-0.25, -0.2) is 9.13 Å². The Bertz CT molecular complexity index is 1700. The molecule has 0 aromatic carbocycles. The second-order valence-corrected chi connectivity index (χ2v) is 28.5. The zero-order chi connectivity index (χ0) is 63.8. The molecular weight excluding hydrogens is 1140 g/mol. The van der Waals surface area contributed by atoms with E-state index >= 15 is 0 Å². The second-order valence-electron chi connectivity index (χ2n) is 25.6. The first-order valence-electron chi connectivity index (χ1n) is 34.8. The van der Waals surface area contributed by atoms with Gasteiger partial charge in [0.15, 0.2) is 12.2 Å². The third kappa shape index (κ3) is 60.9. The number of hydrogen-bond acceptors (Lipinski definition) is 15. The Hall–Kier alpha value is -1.94. The number of rotatable bonds is 65. The minimum Gasteiger partial charge on any atom is -0.462 e. The molecule has 3 N–H and O–H groups in total. The summed E-state index contributed by atoms with van der Waals surface area (Å²) in [5.74, 6) is 0.000222. The van der Waals surface area contributed by atoms with Crippen molar-refractivity contribution in [1.82, 2.24) is 0 Å². The van der Waals surface area contributed by atoms with E-state index in [2.05, 4.69) is 48.5 Å². The maximum Gasteiger partial charge on any atom is 0.472 e. The molecule has 510 valence electrons. The van der Waals surface area contributed by atoms with Crippen molar-refractivity contribution in [3.8, 4) is 0 Å². The number of aliphatic hydroxyl groups excluding tert-OH is 1. The molecule has 0 aliphatic rings. The van der Waals surface area contributed by atoms with Crippen LogP contribution < -0.4 is 0 Å². The van der Waals surface area contributed by atoms with Gasteiger partial charge in [0.25, 0.3) is 0 Å². The molecule has 19 heteroatoms. The Balaban J connectivity index is 5.24. The van der Waals surface area contributed by atoms with E-state index in [-0.39, 0.29) is 25.7 Å². The van der Waals surface area contributed by atoms with Crippen molar-refractivity contribution in [2.75, 3.05) is 39.6 Å². The van der Waals surface area contributed by atoms with Crippen molar-refractivity contribution in [2.45, 2.75) is 349 Å². The number of unbranched alkanes of at least 4 members (excludes halogenated alkanes) is 33. The van der Waals surface area contributed by atoms with Gasteiger partial charge >= 0.3 is 39.5 Å². The van der Waals surface area contributed by atoms with E-state index in [1.54, 1.807) is 0 Å². The monoisotopic (exact) mass is 1270 g/mol. The molecule has 0 amide bonds. The highest BCUT2D eigenvalue weighted by Gasteiger charge is 2.30. The average molecular weight is 1270 g/mol. The van der Waals surface area contributed by atoms with Crippen LogP contribution in [0.2, 0.25) is 0 Å². The lowest BCUT2D eigenvalue weighted by atomic mass is 10.0. The number of aliphatic hydroxyl groups is 1. The molecule has 17 nitrogen and oxygen atoms in total. The highest BCUT2D eigenvalue weighted by Crippen LogP contribution is 2.45. The fraction of sp³-hybridized carbons (Fsp3) is 0.940. The van der Waals surface area contributed by atoms with E-state index in [1.165, 1.54) is 135 Å². The first-order valence-corrected chi connectivity index (χ1v) is 37.8. The van der Waals surface area contributed by atoms with Gasteiger partial charge in [0.1, 0.15) is 19.3 Å². The smallest absolute Gasteiger partial charge is 0.462 e. The normalized spacial score (nSPS) is 14.3. The highest BCUT2D eigenvalue weighted by molar-refractivity contribution is 7.47. The number of carbonyl (C=O) groups is 4.